The first kappa shape index (κ1) is 9.64. The van der Waals surface area contributed by atoms with Crippen molar-refractivity contribution >= 4 is 5.91 Å². The van der Waals surface area contributed by atoms with E-state index in [1.165, 1.54) is 25.7 Å². The number of rotatable bonds is 3. The maximum Gasteiger partial charge on any atom is 0.224 e. The Hall–Kier alpha value is -0.570. The molecule has 0 spiro atoms. The first-order chi connectivity index (χ1) is 7.30. The molecule has 3 fully saturated rings. The van der Waals surface area contributed by atoms with E-state index in [1.807, 2.05) is 0 Å². The Balaban J connectivity index is 1.55. The van der Waals surface area contributed by atoms with Gasteiger partial charge < -0.3 is 10.6 Å². The molecular weight excluding hydrogens is 188 g/mol. The first-order valence-electron chi connectivity index (χ1n) is 6.33. The molecular formula is C12H20N2O. The normalized spacial score (nSPS) is 33.5. The lowest BCUT2D eigenvalue weighted by atomic mass is 9.98. The summed E-state index contributed by atoms with van der Waals surface area (Å²) >= 11 is 0. The molecule has 0 aromatic heterocycles. The minimum atomic E-state index is 0.231. The van der Waals surface area contributed by atoms with Gasteiger partial charge in [-0.05, 0) is 51.0 Å². The molecule has 0 bridgehead atoms. The van der Waals surface area contributed by atoms with Gasteiger partial charge in [-0.15, -0.1) is 0 Å². The van der Waals surface area contributed by atoms with E-state index in [1.54, 1.807) is 0 Å². The molecule has 1 aliphatic heterocycles. The second-order valence-corrected chi connectivity index (χ2v) is 5.46. The predicted octanol–water partition coefficient (Wildman–Crippen LogP) is 1.04. The second-order valence-electron chi connectivity index (χ2n) is 5.46. The van der Waals surface area contributed by atoms with Gasteiger partial charge in [0.25, 0.3) is 0 Å². The Bertz CT molecular complexity index is 263. The molecule has 15 heavy (non-hydrogen) atoms. The van der Waals surface area contributed by atoms with Crippen LogP contribution in [0.1, 0.15) is 38.5 Å². The molecule has 1 unspecified atom stereocenters. The van der Waals surface area contributed by atoms with E-state index in [9.17, 15) is 4.79 Å². The van der Waals surface area contributed by atoms with Crippen LogP contribution < -0.4 is 10.6 Å². The van der Waals surface area contributed by atoms with Crippen LogP contribution in [-0.2, 0) is 4.79 Å². The number of piperidine rings is 1. The van der Waals surface area contributed by atoms with Gasteiger partial charge in [0.15, 0.2) is 0 Å². The molecule has 0 aromatic rings. The number of carbonyl (C=O) groups excluding carboxylic acids is 1. The Labute approximate surface area is 91.0 Å². The second kappa shape index (κ2) is 3.48. The molecule has 0 aromatic carbocycles. The topological polar surface area (TPSA) is 41.1 Å². The van der Waals surface area contributed by atoms with Crippen LogP contribution in [0.3, 0.4) is 0 Å². The summed E-state index contributed by atoms with van der Waals surface area (Å²) in [6.07, 6.45) is 7.34. The van der Waals surface area contributed by atoms with Gasteiger partial charge in [0.05, 0.1) is 5.92 Å². The lowest BCUT2D eigenvalue weighted by Gasteiger charge is -2.25. The van der Waals surface area contributed by atoms with E-state index in [0.717, 1.165) is 31.8 Å². The van der Waals surface area contributed by atoms with Crippen molar-refractivity contribution in [1.29, 1.82) is 0 Å². The first-order valence-corrected chi connectivity index (χ1v) is 6.33. The number of hydrogen-bond donors (Lipinski definition) is 2. The lowest BCUT2D eigenvalue weighted by Crippen LogP contribution is -2.46. The SMILES string of the molecule is O=C(NC1(C2CC2)CC1)C1CCCNC1. The number of hydrogen-bond acceptors (Lipinski definition) is 2. The molecule has 1 heterocycles. The Morgan fingerprint density at radius 3 is 2.60 bits per heavy atom. The van der Waals surface area contributed by atoms with E-state index in [2.05, 4.69) is 10.6 Å². The highest BCUT2D eigenvalue weighted by molar-refractivity contribution is 5.80. The molecule has 3 nitrogen and oxygen atoms in total. The molecule has 2 N–H and O–H groups in total. The number of nitrogens with one attached hydrogen (secondary N) is 2. The monoisotopic (exact) mass is 208 g/mol. The van der Waals surface area contributed by atoms with Crippen LogP contribution in [0, 0.1) is 11.8 Å². The Morgan fingerprint density at radius 2 is 2.07 bits per heavy atom. The van der Waals surface area contributed by atoms with E-state index in [0.29, 0.717) is 5.91 Å². The highest BCUT2D eigenvalue weighted by atomic mass is 16.2. The molecule has 3 aliphatic rings. The molecule has 1 amide bonds. The van der Waals surface area contributed by atoms with Crippen LogP contribution in [-0.4, -0.2) is 24.5 Å². The summed E-state index contributed by atoms with van der Waals surface area (Å²) in [6, 6.07) is 0. The summed E-state index contributed by atoms with van der Waals surface area (Å²) in [4.78, 5) is 12.0. The van der Waals surface area contributed by atoms with Crippen LogP contribution >= 0.6 is 0 Å². The summed E-state index contributed by atoms with van der Waals surface area (Å²) < 4.78 is 0. The van der Waals surface area contributed by atoms with Gasteiger partial charge in [0.2, 0.25) is 5.91 Å². The fourth-order valence-electron chi connectivity index (χ4n) is 2.83. The zero-order valence-corrected chi connectivity index (χ0v) is 9.22. The zero-order valence-electron chi connectivity index (χ0n) is 9.22. The molecule has 3 rings (SSSR count). The summed E-state index contributed by atoms with van der Waals surface area (Å²) in [5.41, 5.74) is 0.258. The molecule has 2 saturated carbocycles. The molecule has 3 heteroatoms. The third kappa shape index (κ3) is 1.89. The van der Waals surface area contributed by atoms with Crippen LogP contribution in [0.2, 0.25) is 0 Å². The quantitative estimate of drug-likeness (QED) is 0.727. The number of carbonyl (C=O) groups is 1. The van der Waals surface area contributed by atoms with Gasteiger partial charge in [-0.1, -0.05) is 0 Å². The van der Waals surface area contributed by atoms with Crippen molar-refractivity contribution in [1.82, 2.24) is 10.6 Å². The van der Waals surface area contributed by atoms with E-state index < -0.39 is 0 Å². The summed E-state index contributed by atoms with van der Waals surface area (Å²) in [5, 5.41) is 6.63. The largest absolute Gasteiger partial charge is 0.350 e. The minimum absolute atomic E-state index is 0.231. The fraction of sp³-hybridized carbons (Fsp3) is 0.917. The van der Waals surface area contributed by atoms with E-state index >= 15 is 0 Å². The average molecular weight is 208 g/mol. The number of amides is 1. The summed E-state index contributed by atoms with van der Waals surface area (Å²) in [5.74, 6) is 1.36. The summed E-state index contributed by atoms with van der Waals surface area (Å²) in [7, 11) is 0. The van der Waals surface area contributed by atoms with Crippen molar-refractivity contribution < 1.29 is 4.79 Å². The van der Waals surface area contributed by atoms with Crippen LogP contribution in [0.5, 0.6) is 0 Å². The maximum atomic E-state index is 12.0. The molecule has 2 aliphatic carbocycles. The van der Waals surface area contributed by atoms with Gasteiger partial charge in [-0.3, -0.25) is 4.79 Å². The van der Waals surface area contributed by atoms with Crippen LogP contribution in [0.15, 0.2) is 0 Å². The van der Waals surface area contributed by atoms with Gasteiger partial charge in [0, 0.05) is 12.1 Å². The molecule has 0 radical (unpaired) electrons. The van der Waals surface area contributed by atoms with Gasteiger partial charge in [-0.25, -0.2) is 0 Å². The van der Waals surface area contributed by atoms with Gasteiger partial charge >= 0.3 is 0 Å². The zero-order chi connectivity index (χ0) is 10.3. The molecule has 1 saturated heterocycles. The average Bonchev–Trinajstić information content (AvgIpc) is 3.12. The van der Waals surface area contributed by atoms with Gasteiger partial charge in [-0.2, -0.15) is 0 Å². The van der Waals surface area contributed by atoms with Crippen molar-refractivity contribution in [3.63, 3.8) is 0 Å². The molecule has 84 valence electrons. The highest BCUT2D eigenvalue weighted by Crippen LogP contribution is 2.53. The van der Waals surface area contributed by atoms with Crippen molar-refractivity contribution in [2.24, 2.45) is 11.8 Å². The third-order valence-electron chi connectivity index (χ3n) is 4.19. The Kier molecular flexibility index (Phi) is 2.23. The van der Waals surface area contributed by atoms with Crippen LogP contribution in [0.4, 0.5) is 0 Å². The highest BCUT2D eigenvalue weighted by Gasteiger charge is 2.55. The molecule has 1 atom stereocenters. The van der Waals surface area contributed by atoms with Crippen molar-refractivity contribution in [3.8, 4) is 0 Å². The third-order valence-corrected chi connectivity index (χ3v) is 4.19. The van der Waals surface area contributed by atoms with Crippen molar-refractivity contribution in [2.45, 2.75) is 44.1 Å². The van der Waals surface area contributed by atoms with E-state index in [4.69, 9.17) is 0 Å². The maximum absolute atomic E-state index is 12.0. The van der Waals surface area contributed by atoms with Crippen molar-refractivity contribution in [2.75, 3.05) is 13.1 Å². The smallest absolute Gasteiger partial charge is 0.224 e. The lowest BCUT2D eigenvalue weighted by molar-refractivity contribution is -0.126. The van der Waals surface area contributed by atoms with E-state index in [-0.39, 0.29) is 11.5 Å². The van der Waals surface area contributed by atoms with Crippen LogP contribution in [0.25, 0.3) is 0 Å². The Morgan fingerprint density at radius 1 is 1.27 bits per heavy atom. The fourth-order valence-corrected chi connectivity index (χ4v) is 2.83. The minimum Gasteiger partial charge on any atom is -0.350 e. The standard InChI is InChI=1S/C12H20N2O/c15-11(9-2-1-7-13-8-9)14-12(5-6-12)10-3-4-10/h9-10,13H,1-8H2,(H,14,15). The van der Waals surface area contributed by atoms with Crippen molar-refractivity contribution in [3.05, 3.63) is 0 Å². The summed E-state index contributed by atoms with van der Waals surface area (Å²) in [6.45, 7) is 1.96. The van der Waals surface area contributed by atoms with Gasteiger partial charge in [0.1, 0.15) is 0 Å². The predicted molar refractivity (Wildman–Crippen MR) is 58.4 cm³/mol.